The first-order chi connectivity index (χ1) is 6.34. The van der Waals surface area contributed by atoms with Crippen molar-refractivity contribution >= 4 is 12.0 Å². The Morgan fingerprint density at radius 3 is 2.62 bits per heavy atom. The van der Waals surface area contributed by atoms with E-state index >= 15 is 0 Å². The molecule has 1 aromatic rings. The van der Waals surface area contributed by atoms with E-state index in [2.05, 4.69) is 0 Å². The van der Waals surface area contributed by atoms with Gasteiger partial charge in [0.15, 0.2) is 0 Å². The SMILES string of the molecule is O=C1CC(/C=C/c2ccccc2)O1. The second-order valence-electron chi connectivity index (χ2n) is 3.00. The van der Waals surface area contributed by atoms with E-state index in [4.69, 9.17) is 4.74 Å². The molecule has 0 aromatic heterocycles. The van der Waals surface area contributed by atoms with Gasteiger partial charge in [-0.2, -0.15) is 0 Å². The summed E-state index contributed by atoms with van der Waals surface area (Å²) in [4.78, 5) is 10.5. The molecular formula is C11H10O2. The fourth-order valence-electron chi connectivity index (χ4n) is 1.21. The Morgan fingerprint density at radius 1 is 1.31 bits per heavy atom. The molecule has 1 unspecified atom stereocenters. The van der Waals surface area contributed by atoms with Gasteiger partial charge in [0.2, 0.25) is 0 Å². The third kappa shape index (κ3) is 1.96. The van der Waals surface area contributed by atoms with Crippen LogP contribution in [0.3, 0.4) is 0 Å². The minimum absolute atomic E-state index is 0.00675. The first-order valence-corrected chi connectivity index (χ1v) is 4.27. The van der Waals surface area contributed by atoms with Crippen LogP contribution in [-0.4, -0.2) is 12.1 Å². The van der Waals surface area contributed by atoms with Crippen LogP contribution < -0.4 is 0 Å². The molecule has 1 heterocycles. The number of carbonyl (C=O) groups is 1. The molecule has 66 valence electrons. The lowest BCUT2D eigenvalue weighted by Crippen LogP contribution is -2.30. The lowest BCUT2D eigenvalue weighted by Gasteiger charge is -2.21. The maximum atomic E-state index is 10.5. The van der Waals surface area contributed by atoms with Crippen molar-refractivity contribution in [2.45, 2.75) is 12.5 Å². The summed E-state index contributed by atoms with van der Waals surface area (Å²) < 4.78 is 4.84. The van der Waals surface area contributed by atoms with E-state index in [1.165, 1.54) is 0 Å². The number of hydrogen-bond acceptors (Lipinski definition) is 2. The Morgan fingerprint density at radius 2 is 2.00 bits per heavy atom. The minimum atomic E-state index is -0.109. The zero-order valence-corrected chi connectivity index (χ0v) is 7.14. The van der Waals surface area contributed by atoms with Gasteiger partial charge in [-0.1, -0.05) is 36.4 Å². The van der Waals surface area contributed by atoms with Crippen molar-refractivity contribution in [2.75, 3.05) is 0 Å². The van der Waals surface area contributed by atoms with Crippen LogP contribution in [0.1, 0.15) is 12.0 Å². The molecule has 0 N–H and O–H groups in total. The Bertz CT molecular complexity index is 319. The van der Waals surface area contributed by atoms with E-state index in [1.54, 1.807) is 0 Å². The van der Waals surface area contributed by atoms with Crippen molar-refractivity contribution in [2.24, 2.45) is 0 Å². The molecule has 1 aromatic carbocycles. The van der Waals surface area contributed by atoms with Gasteiger partial charge in [0.1, 0.15) is 6.10 Å². The highest BCUT2D eigenvalue weighted by Crippen LogP contribution is 2.15. The molecule has 0 amide bonds. The summed E-state index contributed by atoms with van der Waals surface area (Å²) in [5.74, 6) is -0.109. The molecule has 0 bridgehead atoms. The summed E-state index contributed by atoms with van der Waals surface area (Å²) in [6, 6.07) is 9.95. The highest BCUT2D eigenvalue weighted by molar-refractivity contribution is 5.76. The van der Waals surface area contributed by atoms with Crippen molar-refractivity contribution in [1.29, 1.82) is 0 Å². The van der Waals surface area contributed by atoms with Crippen LogP contribution in [0, 0.1) is 0 Å². The Balaban J connectivity index is 1.95. The topological polar surface area (TPSA) is 26.3 Å². The summed E-state index contributed by atoms with van der Waals surface area (Å²) in [5.41, 5.74) is 1.13. The normalized spacial score (nSPS) is 21.2. The maximum Gasteiger partial charge on any atom is 0.310 e. The van der Waals surface area contributed by atoms with Gasteiger partial charge in [0.05, 0.1) is 6.42 Å². The first-order valence-electron chi connectivity index (χ1n) is 4.27. The van der Waals surface area contributed by atoms with Crippen molar-refractivity contribution in [3.8, 4) is 0 Å². The third-order valence-electron chi connectivity index (χ3n) is 1.95. The molecule has 1 fully saturated rings. The second kappa shape index (κ2) is 3.44. The van der Waals surface area contributed by atoms with Gasteiger partial charge in [-0.05, 0) is 11.6 Å². The number of cyclic esters (lactones) is 1. The maximum absolute atomic E-state index is 10.5. The van der Waals surface area contributed by atoms with E-state index < -0.39 is 0 Å². The molecule has 0 spiro atoms. The van der Waals surface area contributed by atoms with Gasteiger partial charge in [0, 0.05) is 0 Å². The van der Waals surface area contributed by atoms with Gasteiger partial charge in [-0.25, -0.2) is 0 Å². The molecule has 13 heavy (non-hydrogen) atoms. The molecule has 1 aliphatic rings. The van der Waals surface area contributed by atoms with Crippen molar-refractivity contribution in [3.05, 3.63) is 42.0 Å². The Kier molecular flexibility index (Phi) is 2.13. The average Bonchev–Trinajstić information content (AvgIpc) is 2.12. The standard InChI is InChI=1S/C11H10O2/c12-11-8-10(13-11)7-6-9-4-2-1-3-5-9/h1-7,10H,8H2/b7-6+. The molecular weight excluding hydrogens is 164 g/mol. The summed E-state index contributed by atoms with van der Waals surface area (Å²) >= 11 is 0. The molecule has 0 saturated carbocycles. The Labute approximate surface area is 76.8 Å². The summed E-state index contributed by atoms with van der Waals surface area (Å²) in [7, 11) is 0. The van der Waals surface area contributed by atoms with Crippen LogP contribution in [0.2, 0.25) is 0 Å². The zero-order chi connectivity index (χ0) is 9.10. The van der Waals surface area contributed by atoms with E-state index in [1.807, 2.05) is 42.5 Å². The quantitative estimate of drug-likeness (QED) is 0.641. The van der Waals surface area contributed by atoms with Crippen LogP contribution in [0.15, 0.2) is 36.4 Å². The highest BCUT2D eigenvalue weighted by Gasteiger charge is 2.25. The van der Waals surface area contributed by atoms with E-state index in [9.17, 15) is 4.79 Å². The lowest BCUT2D eigenvalue weighted by molar-refractivity contribution is -0.164. The largest absolute Gasteiger partial charge is 0.457 e. The molecule has 2 rings (SSSR count). The van der Waals surface area contributed by atoms with E-state index in [0.717, 1.165) is 5.56 Å². The Hall–Kier alpha value is -1.57. The molecule has 1 atom stereocenters. The zero-order valence-electron chi connectivity index (χ0n) is 7.14. The van der Waals surface area contributed by atoms with Gasteiger partial charge < -0.3 is 4.74 Å². The summed E-state index contributed by atoms with van der Waals surface area (Å²) in [5, 5.41) is 0. The van der Waals surface area contributed by atoms with Gasteiger partial charge in [0.25, 0.3) is 0 Å². The highest BCUT2D eigenvalue weighted by atomic mass is 16.6. The fraction of sp³-hybridized carbons (Fsp3) is 0.182. The minimum Gasteiger partial charge on any atom is -0.457 e. The number of rotatable bonds is 2. The molecule has 1 aliphatic heterocycles. The lowest BCUT2D eigenvalue weighted by atomic mass is 10.1. The second-order valence-corrected chi connectivity index (χ2v) is 3.00. The molecule has 1 saturated heterocycles. The number of esters is 1. The molecule has 0 radical (unpaired) electrons. The summed E-state index contributed by atoms with van der Waals surface area (Å²) in [6.07, 6.45) is 4.39. The average molecular weight is 174 g/mol. The first kappa shape index (κ1) is 8.05. The van der Waals surface area contributed by atoms with Gasteiger partial charge in [-0.15, -0.1) is 0 Å². The van der Waals surface area contributed by atoms with Gasteiger partial charge >= 0.3 is 5.97 Å². The number of benzene rings is 1. The van der Waals surface area contributed by atoms with Crippen molar-refractivity contribution < 1.29 is 9.53 Å². The number of carbonyl (C=O) groups excluding carboxylic acids is 1. The number of ether oxygens (including phenoxy) is 1. The third-order valence-corrected chi connectivity index (χ3v) is 1.95. The molecule has 2 nitrogen and oxygen atoms in total. The van der Waals surface area contributed by atoms with Crippen molar-refractivity contribution in [1.82, 2.24) is 0 Å². The molecule has 0 aliphatic carbocycles. The van der Waals surface area contributed by atoms with Gasteiger partial charge in [-0.3, -0.25) is 4.79 Å². The van der Waals surface area contributed by atoms with E-state index in [0.29, 0.717) is 6.42 Å². The van der Waals surface area contributed by atoms with Crippen LogP contribution in [0.25, 0.3) is 6.08 Å². The smallest absolute Gasteiger partial charge is 0.310 e. The predicted molar refractivity (Wildman–Crippen MR) is 50.0 cm³/mol. The van der Waals surface area contributed by atoms with Crippen LogP contribution >= 0.6 is 0 Å². The fourth-order valence-corrected chi connectivity index (χ4v) is 1.21. The number of hydrogen-bond donors (Lipinski definition) is 0. The van der Waals surface area contributed by atoms with E-state index in [-0.39, 0.29) is 12.1 Å². The predicted octanol–water partition coefficient (Wildman–Crippen LogP) is 2.02. The molecule has 2 heteroatoms. The summed E-state index contributed by atoms with van der Waals surface area (Å²) in [6.45, 7) is 0. The van der Waals surface area contributed by atoms with Crippen LogP contribution in [-0.2, 0) is 9.53 Å². The monoisotopic (exact) mass is 174 g/mol. The van der Waals surface area contributed by atoms with Crippen LogP contribution in [0.4, 0.5) is 0 Å². The van der Waals surface area contributed by atoms with Crippen LogP contribution in [0.5, 0.6) is 0 Å². The van der Waals surface area contributed by atoms with Crippen molar-refractivity contribution in [3.63, 3.8) is 0 Å².